The maximum Gasteiger partial charge on any atom is 0.337 e. The molecule has 0 radical (unpaired) electrons. The molecular weight excluding hydrogens is 286 g/mol. The summed E-state index contributed by atoms with van der Waals surface area (Å²) in [5.41, 5.74) is 1.45. The summed E-state index contributed by atoms with van der Waals surface area (Å²) in [6, 6.07) is 6.94. The molecule has 1 rings (SSSR count). The fourth-order valence-corrected chi connectivity index (χ4v) is 1.61. The van der Waals surface area contributed by atoms with Crippen LogP contribution in [0.3, 0.4) is 0 Å². The van der Waals surface area contributed by atoms with E-state index < -0.39 is 0 Å². The minimum atomic E-state index is -0.361. The standard InChI is InChI=1S/C12H14BrNO3/c1-17-12(16)10-4-2-9(3-5-10)8-14-11(15)6-7-13/h2-5H,6-8H2,1H3,(H,14,15). The summed E-state index contributed by atoms with van der Waals surface area (Å²) in [4.78, 5) is 22.4. The molecule has 0 aliphatic heterocycles. The molecule has 1 aromatic carbocycles. The van der Waals surface area contributed by atoms with Crippen LogP contribution in [-0.4, -0.2) is 24.3 Å². The number of halogens is 1. The zero-order valence-corrected chi connectivity index (χ0v) is 11.1. The molecule has 0 aliphatic rings. The van der Waals surface area contributed by atoms with Crippen molar-refractivity contribution in [2.45, 2.75) is 13.0 Å². The highest BCUT2D eigenvalue weighted by Crippen LogP contribution is 2.05. The lowest BCUT2D eigenvalue weighted by Crippen LogP contribution is -2.22. The molecule has 5 heteroatoms. The van der Waals surface area contributed by atoms with Crippen molar-refractivity contribution < 1.29 is 14.3 Å². The third-order valence-electron chi connectivity index (χ3n) is 2.19. The Hall–Kier alpha value is -1.36. The minimum Gasteiger partial charge on any atom is -0.465 e. The normalized spacial score (nSPS) is 9.76. The van der Waals surface area contributed by atoms with Gasteiger partial charge in [-0.1, -0.05) is 28.1 Å². The number of hydrogen-bond donors (Lipinski definition) is 1. The molecule has 0 fully saturated rings. The second kappa shape index (κ2) is 7.06. The van der Waals surface area contributed by atoms with E-state index in [2.05, 4.69) is 26.0 Å². The van der Waals surface area contributed by atoms with Gasteiger partial charge in [-0.25, -0.2) is 4.79 Å². The van der Waals surface area contributed by atoms with Crippen LogP contribution in [0.4, 0.5) is 0 Å². The number of alkyl halides is 1. The Morgan fingerprint density at radius 3 is 2.47 bits per heavy atom. The van der Waals surface area contributed by atoms with Crippen molar-refractivity contribution >= 4 is 27.8 Å². The van der Waals surface area contributed by atoms with Crippen LogP contribution in [0.2, 0.25) is 0 Å². The fraction of sp³-hybridized carbons (Fsp3) is 0.333. The molecule has 92 valence electrons. The Morgan fingerprint density at radius 1 is 1.29 bits per heavy atom. The predicted molar refractivity (Wildman–Crippen MR) is 68.0 cm³/mol. The predicted octanol–water partition coefficient (Wildman–Crippen LogP) is 1.87. The van der Waals surface area contributed by atoms with Gasteiger partial charge in [-0.3, -0.25) is 4.79 Å². The first-order valence-corrected chi connectivity index (χ1v) is 6.29. The van der Waals surface area contributed by atoms with Crippen molar-refractivity contribution in [3.8, 4) is 0 Å². The number of benzene rings is 1. The summed E-state index contributed by atoms with van der Waals surface area (Å²) in [6.07, 6.45) is 0.459. The molecule has 17 heavy (non-hydrogen) atoms. The van der Waals surface area contributed by atoms with E-state index in [4.69, 9.17) is 0 Å². The van der Waals surface area contributed by atoms with Gasteiger partial charge in [-0.15, -0.1) is 0 Å². The molecule has 0 aliphatic carbocycles. The number of esters is 1. The van der Waals surface area contributed by atoms with Gasteiger partial charge in [0.05, 0.1) is 12.7 Å². The van der Waals surface area contributed by atoms with Gasteiger partial charge in [0.2, 0.25) is 5.91 Å². The zero-order valence-electron chi connectivity index (χ0n) is 9.53. The van der Waals surface area contributed by atoms with Gasteiger partial charge < -0.3 is 10.1 Å². The first-order valence-electron chi connectivity index (χ1n) is 5.17. The zero-order chi connectivity index (χ0) is 12.7. The maximum atomic E-state index is 11.2. The third-order valence-corrected chi connectivity index (χ3v) is 2.58. The molecule has 0 bridgehead atoms. The second-order valence-electron chi connectivity index (χ2n) is 3.40. The highest BCUT2D eigenvalue weighted by atomic mass is 79.9. The van der Waals surface area contributed by atoms with Crippen molar-refractivity contribution in [1.82, 2.24) is 5.32 Å². The van der Waals surface area contributed by atoms with E-state index in [-0.39, 0.29) is 11.9 Å². The number of amides is 1. The van der Waals surface area contributed by atoms with Crippen molar-refractivity contribution in [2.24, 2.45) is 0 Å². The quantitative estimate of drug-likeness (QED) is 0.667. The molecule has 0 unspecified atom stereocenters. The van der Waals surface area contributed by atoms with Gasteiger partial charge in [-0.2, -0.15) is 0 Å². The van der Waals surface area contributed by atoms with Gasteiger partial charge in [0, 0.05) is 18.3 Å². The Balaban J connectivity index is 2.51. The maximum absolute atomic E-state index is 11.2. The van der Waals surface area contributed by atoms with E-state index in [1.807, 2.05) is 0 Å². The third kappa shape index (κ3) is 4.56. The van der Waals surface area contributed by atoms with Crippen molar-refractivity contribution in [1.29, 1.82) is 0 Å². The number of methoxy groups -OCH3 is 1. The van der Waals surface area contributed by atoms with Crippen molar-refractivity contribution in [3.05, 3.63) is 35.4 Å². The van der Waals surface area contributed by atoms with E-state index in [0.717, 1.165) is 5.56 Å². The van der Waals surface area contributed by atoms with Crippen LogP contribution >= 0.6 is 15.9 Å². The van der Waals surface area contributed by atoms with Crippen LogP contribution in [-0.2, 0) is 16.1 Å². The average molecular weight is 300 g/mol. The van der Waals surface area contributed by atoms with Gasteiger partial charge >= 0.3 is 5.97 Å². The van der Waals surface area contributed by atoms with E-state index >= 15 is 0 Å². The molecular formula is C12H14BrNO3. The first kappa shape index (κ1) is 13.7. The number of carbonyl (C=O) groups is 2. The summed E-state index contributed by atoms with van der Waals surface area (Å²) < 4.78 is 4.59. The highest BCUT2D eigenvalue weighted by molar-refractivity contribution is 9.09. The number of ether oxygens (including phenoxy) is 1. The summed E-state index contributed by atoms with van der Waals surface area (Å²) in [5, 5.41) is 3.43. The lowest BCUT2D eigenvalue weighted by molar-refractivity contribution is -0.120. The van der Waals surface area contributed by atoms with Crippen LogP contribution in [0.5, 0.6) is 0 Å². The number of carbonyl (C=O) groups excluding carboxylic acids is 2. The lowest BCUT2D eigenvalue weighted by Gasteiger charge is -2.05. The Kier molecular flexibility index (Phi) is 5.69. The second-order valence-corrected chi connectivity index (χ2v) is 4.20. The summed E-state index contributed by atoms with van der Waals surface area (Å²) in [6.45, 7) is 0.466. The van der Waals surface area contributed by atoms with E-state index in [1.54, 1.807) is 24.3 Å². The number of nitrogens with one attached hydrogen (secondary N) is 1. The molecule has 0 spiro atoms. The van der Waals surface area contributed by atoms with Gasteiger partial charge in [0.15, 0.2) is 0 Å². The van der Waals surface area contributed by atoms with Crippen LogP contribution in [0.15, 0.2) is 24.3 Å². The Labute approximate surface area is 108 Å². The largest absolute Gasteiger partial charge is 0.465 e. The van der Waals surface area contributed by atoms with E-state index in [9.17, 15) is 9.59 Å². The highest BCUT2D eigenvalue weighted by Gasteiger charge is 2.04. The molecule has 0 atom stereocenters. The average Bonchev–Trinajstić information content (AvgIpc) is 2.36. The topological polar surface area (TPSA) is 55.4 Å². The summed E-state index contributed by atoms with van der Waals surface area (Å²) in [7, 11) is 1.34. The number of rotatable bonds is 5. The molecule has 0 aromatic heterocycles. The van der Waals surface area contributed by atoms with Crippen LogP contribution in [0.1, 0.15) is 22.3 Å². The van der Waals surface area contributed by atoms with E-state index in [0.29, 0.717) is 23.9 Å². The molecule has 1 N–H and O–H groups in total. The Morgan fingerprint density at radius 2 is 1.94 bits per heavy atom. The molecule has 0 saturated carbocycles. The number of hydrogen-bond acceptors (Lipinski definition) is 3. The molecule has 1 aromatic rings. The molecule has 1 amide bonds. The van der Waals surface area contributed by atoms with Gasteiger partial charge in [0.25, 0.3) is 0 Å². The molecule has 4 nitrogen and oxygen atoms in total. The summed E-state index contributed by atoms with van der Waals surface area (Å²) >= 11 is 3.20. The van der Waals surface area contributed by atoms with Crippen molar-refractivity contribution in [3.63, 3.8) is 0 Å². The monoisotopic (exact) mass is 299 g/mol. The van der Waals surface area contributed by atoms with Crippen LogP contribution in [0.25, 0.3) is 0 Å². The fourth-order valence-electron chi connectivity index (χ4n) is 1.25. The van der Waals surface area contributed by atoms with E-state index in [1.165, 1.54) is 7.11 Å². The molecule has 0 saturated heterocycles. The van der Waals surface area contributed by atoms with Gasteiger partial charge in [0.1, 0.15) is 0 Å². The lowest BCUT2D eigenvalue weighted by atomic mass is 10.1. The Bertz CT molecular complexity index is 389. The van der Waals surface area contributed by atoms with Crippen molar-refractivity contribution in [2.75, 3.05) is 12.4 Å². The minimum absolute atomic E-state index is 0.00100. The van der Waals surface area contributed by atoms with Gasteiger partial charge in [-0.05, 0) is 17.7 Å². The smallest absolute Gasteiger partial charge is 0.337 e. The molecule has 0 heterocycles. The SMILES string of the molecule is COC(=O)c1ccc(CNC(=O)CCBr)cc1. The summed E-state index contributed by atoms with van der Waals surface area (Å²) in [5.74, 6) is -0.362. The van der Waals surface area contributed by atoms with Crippen LogP contribution in [0, 0.1) is 0 Å². The first-order chi connectivity index (χ1) is 8.17. The van der Waals surface area contributed by atoms with Crippen LogP contribution < -0.4 is 5.32 Å².